The van der Waals surface area contributed by atoms with Crippen molar-refractivity contribution in [3.8, 4) is 0 Å². The molecule has 0 saturated heterocycles. The van der Waals surface area contributed by atoms with Crippen LogP contribution in [-0.4, -0.2) is 3.92 Å². The van der Waals surface area contributed by atoms with Crippen LogP contribution in [0.15, 0.2) is 0 Å². The van der Waals surface area contributed by atoms with Crippen LogP contribution in [-0.2, 0) is 0 Å². The van der Waals surface area contributed by atoms with Gasteiger partial charge in [0, 0.05) is 3.92 Å². The van der Waals surface area contributed by atoms with Gasteiger partial charge >= 0.3 is 0 Å². The average Bonchev–Trinajstić information content (AvgIpc) is 2.83. The van der Waals surface area contributed by atoms with Crippen molar-refractivity contribution < 1.29 is 0 Å². The molecule has 0 heterocycles. The zero-order valence-electron chi connectivity index (χ0n) is 9.63. The first-order valence-electron chi connectivity index (χ1n) is 6.95. The fourth-order valence-electron chi connectivity index (χ4n) is 4.45. The summed E-state index contributed by atoms with van der Waals surface area (Å²) in [6.45, 7) is 0. The summed E-state index contributed by atoms with van der Waals surface area (Å²) in [5.41, 5.74) is 0. The molecule has 1 heteroatoms. The van der Waals surface area contributed by atoms with Gasteiger partial charge in [0.05, 0.1) is 0 Å². The second-order valence-corrected chi connectivity index (χ2v) is 8.05. The molecule has 3 rings (SSSR count). The van der Waals surface area contributed by atoms with Crippen molar-refractivity contribution >= 4 is 22.6 Å². The highest BCUT2D eigenvalue weighted by Crippen LogP contribution is 2.51. The molecule has 0 spiro atoms. The fourth-order valence-corrected chi connectivity index (χ4v) is 5.17. The van der Waals surface area contributed by atoms with E-state index in [4.69, 9.17) is 0 Å². The lowest BCUT2D eigenvalue weighted by molar-refractivity contribution is 0.234. The summed E-state index contributed by atoms with van der Waals surface area (Å²) in [5, 5.41) is 0. The maximum absolute atomic E-state index is 2.65. The van der Waals surface area contributed by atoms with Crippen LogP contribution >= 0.6 is 22.6 Å². The summed E-state index contributed by atoms with van der Waals surface area (Å²) in [5.74, 6) is 4.58. The Morgan fingerprint density at radius 2 is 1.67 bits per heavy atom. The Bertz CT molecular complexity index is 217. The first-order chi connectivity index (χ1) is 7.31. The first kappa shape index (κ1) is 10.9. The normalized spacial score (nSPS) is 49.8. The standard InChI is InChI=1S/C14H23I/c15-14-5-2-10(3-6-14)7-13-9-11-1-4-12(13)8-11/h10-14H,1-9H2. The molecule has 3 saturated carbocycles. The Balaban J connectivity index is 1.49. The molecule has 3 aliphatic rings. The Kier molecular flexibility index (Phi) is 3.29. The van der Waals surface area contributed by atoms with Crippen LogP contribution in [0, 0.1) is 23.7 Å². The zero-order chi connectivity index (χ0) is 10.3. The number of alkyl halides is 1. The van der Waals surface area contributed by atoms with Crippen LogP contribution in [0.1, 0.15) is 57.8 Å². The predicted octanol–water partition coefficient (Wildman–Crippen LogP) is 4.81. The third kappa shape index (κ3) is 2.37. The first-order valence-corrected chi connectivity index (χ1v) is 8.20. The van der Waals surface area contributed by atoms with Gasteiger partial charge in [0.25, 0.3) is 0 Å². The Morgan fingerprint density at radius 1 is 0.867 bits per heavy atom. The molecule has 3 fully saturated rings. The van der Waals surface area contributed by atoms with Crippen molar-refractivity contribution in [3.05, 3.63) is 0 Å². The van der Waals surface area contributed by atoms with Gasteiger partial charge in [0.2, 0.25) is 0 Å². The van der Waals surface area contributed by atoms with Crippen LogP contribution in [0.3, 0.4) is 0 Å². The number of halogens is 1. The van der Waals surface area contributed by atoms with Crippen LogP contribution in [0.25, 0.3) is 0 Å². The summed E-state index contributed by atoms with van der Waals surface area (Å²) in [4.78, 5) is 0. The second kappa shape index (κ2) is 4.54. The van der Waals surface area contributed by atoms with Crippen molar-refractivity contribution in [2.24, 2.45) is 23.7 Å². The quantitative estimate of drug-likeness (QED) is 0.506. The zero-order valence-corrected chi connectivity index (χ0v) is 11.8. The van der Waals surface area contributed by atoms with Gasteiger partial charge in [-0.2, -0.15) is 0 Å². The Labute approximate surface area is 108 Å². The number of hydrogen-bond donors (Lipinski definition) is 0. The Morgan fingerprint density at radius 3 is 2.27 bits per heavy atom. The SMILES string of the molecule is IC1CCC(CC2CC3CCC2C3)CC1. The molecule has 3 unspecified atom stereocenters. The molecule has 0 aliphatic heterocycles. The summed E-state index contributed by atoms with van der Waals surface area (Å²) in [7, 11) is 0. The van der Waals surface area contributed by atoms with Gasteiger partial charge in [-0.15, -0.1) is 0 Å². The average molecular weight is 318 g/mol. The number of fused-ring (bicyclic) bond motifs is 2. The summed E-state index contributed by atoms with van der Waals surface area (Å²) >= 11 is 2.65. The third-order valence-corrected chi connectivity index (χ3v) is 6.54. The summed E-state index contributed by atoms with van der Waals surface area (Å²) < 4.78 is 0.999. The van der Waals surface area contributed by atoms with Crippen molar-refractivity contribution in [1.82, 2.24) is 0 Å². The molecule has 0 amide bonds. The minimum absolute atomic E-state index is 0.999. The van der Waals surface area contributed by atoms with E-state index in [1.807, 2.05) is 0 Å². The van der Waals surface area contributed by atoms with Gasteiger partial charge in [0.1, 0.15) is 0 Å². The van der Waals surface area contributed by atoms with Crippen LogP contribution in [0.5, 0.6) is 0 Å². The van der Waals surface area contributed by atoms with E-state index in [0.29, 0.717) is 0 Å². The molecule has 0 radical (unpaired) electrons. The topological polar surface area (TPSA) is 0 Å². The highest BCUT2D eigenvalue weighted by Gasteiger charge is 2.40. The summed E-state index contributed by atoms with van der Waals surface area (Å²) in [6, 6.07) is 0. The van der Waals surface area contributed by atoms with Gasteiger partial charge in [-0.25, -0.2) is 0 Å². The second-order valence-electron chi connectivity index (χ2n) is 6.29. The molecular formula is C14H23I. The molecule has 2 bridgehead atoms. The van der Waals surface area contributed by atoms with E-state index in [1.165, 1.54) is 12.8 Å². The minimum atomic E-state index is 0.999. The predicted molar refractivity (Wildman–Crippen MR) is 73.3 cm³/mol. The van der Waals surface area contributed by atoms with Crippen molar-refractivity contribution in [2.45, 2.75) is 61.7 Å². The number of rotatable bonds is 2. The van der Waals surface area contributed by atoms with E-state index in [0.717, 1.165) is 27.6 Å². The molecular weight excluding hydrogens is 295 g/mol. The van der Waals surface area contributed by atoms with Crippen LogP contribution < -0.4 is 0 Å². The van der Waals surface area contributed by atoms with Crippen LogP contribution in [0.4, 0.5) is 0 Å². The van der Waals surface area contributed by atoms with E-state index < -0.39 is 0 Å². The van der Waals surface area contributed by atoms with E-state index in [2.05, 4.69) is 22.6 Å². The lowest BCUT2D eigenvalue weighted by Gasteiger charge is -2.30. The maximum Gasteiger partial charge on any atom is 0.0110 e. The van der Waals surface area contributed by atoms with Gasteiger partial charge in [-0.3, -0.25) is 0 Å². The smallest absolute Gasteiger partial charge is 0.0110 e. The van der Waals surface area contributed by atoms with E-state index >= 15 is 0 Å². The highest BCUT2D eigenvalue weighted by atomic mass is 127. The lowest BCUT2D eigenvalue weighted by Crippen LogP contribution is -2.20. The molecule has 0 aromatic carbocycles. The Hall–Kier alpha value is 0.730. The third-order valence-electron chi connectivity index (χ3n) is 5.30. The van der Waals surface area contributed by atoms with Gasteiger partial charge in [-0.1, -0.05) is 29.0 Å². The van der Waals surface area contributed by atoms with Gasteiger partial charge in [0.15, 0.2) is 0 Å². The largest absolute Gasteiger partial charge is 0.0826 e. The maximum atomic E-state index is 2.65. The molecule has 86 valence electrons. The molecule has 3 aliphatic carbocycles. The lowest BCUT2D eigenvalue weighted by atomic mass is 9.77. The summed E-state index contributed by atoms with van der Waals surface area (Å²) in [6.07, 6.45) is 14.1. The molecule has 0 aromatic heterocycles. The van der Waals surface area contributed by atoms with Gasteiger partial charge < -0.3 is 0 Å². The van der Waals surface area contributed by atoms with Crippen molar-refractivity contribution in [2.75, 3.05) is 0 Å². The minimum Gasteiger partial charge on any atom is -0.0826 e. The molecule has 0 aromatic rings. The molecule has 0 nitrogen and oxygen atoms in total. The van der Waals surface area contributed by atoms with E-state index in [1.54, 1.807) is 44.9 Å². The number of hydrogen-bond acceptors (Lipinski definition) is 0. The van der Waals surface area contributed by atoms with E-state index in [-0.39, 0.29) is 0 Å². The van der Waals surface area contributed by atoms with Crippen LogP contribution in [0.2, 0.25) is 0 Å². The molecule has 3 atom stereocenters. The monoisotopic (exact) mass is 318 g/mol. The molecule has 15 heavy (non-hydrogen) atoms. The van der Waals surface area contributed by atoms with Crippen molar-refractivity contribution in [1.29, 1.82) is 0 Å². The van der Waals surface area contributed by atoms with Crippen molar-refractivity contribution in [3.63, 3.8) is 0 Å². The highest BCUT2D eigenvalue weighted by molar-refractivity contribution is 14.1. The van der Waals surface area contributed by atoms with E-state index in [9.17, 15) is 0 Å². The van der Waals surface area contributed by atoms with Gasteiger partial charge in [-0.05, 0) is 75.0 Å². The molecule has 0 N–H and O–H groups in total. The fraction of sp³-hybridized carbons (Fsp3) is 1.00.